The molecule has 1 aliphatic carbocycles. The Morgan fingerprint density at radius 2 is 2.16 bits per heavy atom. The lowest BCUT2D eigenvalue weighted by Gasteiger charge is -2.24. The van der Waals surface area contributed by atoms with Crippen molar-refractivity contribution >= 4 is 5.97 Å². The maximum absolute atomic E-state index is 10.8. The molecular formula is C15H14N2O2. The van der Waals surface area contributed by atoms with E-state index in [0.29, 0.717) is 0 Å². The number of aryl methyl sites for hydroxylation is 1. The fourth-order valence-corrected chi connectivity index (χ4v) is 2.67. The lowest BCUT2D eigenvalue weighted by Crippen LogP contribution is -2.13. The van der Waals surface area contributed by atoms with Crippen LogP contribution in [0.5, 0.6) is 0 Å². The van der Waals surface area contributed by atoms with Crippen LogP contribution in [0.2, 0.25) is 0 Å². The molecule has 2 aromatic heterocycles. The largest absolute Gasteiger partial charge is 0.477 e. The van der Waals surface area contributed by atoms with Gasteiger partial charge < -0.3 is 5.11 Å². The van der Waals surface area contributed by atoms with E-state index in [1.54, 1.807) is 12.3 Å². The van der Waals surface area contributed by atoms with Crippen molar-refractivity contribution < 1.29 is 9.90 Å². The molecule has 4 nitrogen and oxygen atoms in total. The molecule has 1 atom stereocenters. The second-order valence-corrected chi connectivity index (χ2v) is 4.77. The Labute approximate surface area is 111 Å². The molecule has 1 aliphatic rings. The number of carbonyl (C=O) groups is 1. The van der Waals surface area contributed by atoms with Gasteiger partial charge in [-0.2, -0.15) is 0 Å². The third-order valence-corrected chi connectivity index (χ3v) is 3.60. The normalized spacial score (nSPS) is 17.8. The molecular weight excluding hydrogens is 240 g/mol. The van der Waals surface area contributed by atoms with E-state index in [9.17, 15) is 4.79 Å². The average molecular weight is 254 g/mol. The Morgan fingerprint density at radius 1 is 1.26 bits per heavy atom. The molecule has 0 fully saturated rings. The van der Waals surface area contributed by atoms with Crippen molar-refractivity contribution in [2.75, 3.05) is 0 Å². The molecule has 1 unspecified atom stereocenters. The molecule has 19 heavy (non-hydrogen) atoms. The number of hydrogen-bond donors (Lipinski definition) is 1. The SMILES string of the molecule is O=C(O)c1ccc(C2CCCc3cccnc32)cn1. The molecule has 4 heteroatoms. The number of fused-ring (bicyclic) bond motifs is 1. The van der Waals surface area contributed by atoms with Gasteiger partial charge in [-0.3, -0.25) is 4.98 Å². The Bertz CT molecular complexity index is 608. The van der Waals surface area contributed by atoms with Crippen molar-refractivity contribution in [3.8, 4) is 0 Å². The fraction of sp³-hybridized carbons (Fsp3) is 0.267. The molecule has 0 spiro atoms. The predicted molar refractivity (Wildman–Crippen MR) is 70.2 cm³/mol. The summed E-state index contributed by atoms with van der Waals surface area (Å²) < 4.78 is 0. The number of hydrogen-bond acceptors (Lipinski definition) is 3. The maximum Gasteiger partial charge on any atom is 0.354 e. The van der Waals surface area contributed by atoms with Gasteiger partial charge in [-0.15, -0.1) is 0 Å². The van der Waals surface area contributed by atoms with Gasteiger partial charge in [0.15, 0.2) is 0 Å². The standard InChI is InChI=1S/C15H14N2O2/c18-15(19)13-7-6-11(9-17-13)12-5-1-3-10-4-2-8-16-14(10)12/h2,4,6-9,12H,1,3,5H2,(H,18,19). The Morgan fingerprint density at radius 3 is 2.89 bits per heavy atom. The molecule has 3 rings (SSSR count). The fourth-order valence-electron chi connectivity index (χ4n) is 2.67. The highest BCUT2D eigenvalue weighted by atomic mass is 16.4. The van der Waals surface area contributed by atoms with E-state index in [4.69, 9.17) is 5.11 Å². The summed E-state index contributed by atoms with van der Waals surface area (Å²) >= 11 is 0. The summed E-state index contributed by atoms with van der Waals surface area (Å²) in [7, 11) is 0. The summed E-state index contributed by atoms with van der Waals surface area (Å²) in [4.78, 5) is 19.3. The van der Waals surface area contributed by atoms with Crippen LogP contribution in [0, 0.1) is 0 Å². The van der Waals surface area contributed by atoms with E-state index < -0.39 is 5.97 Å². The highest BCUT2D eigenvalue weighted by Gasteiger charge is 2.23. The lowest BCUT2D eigenvalue weighted by atomic mass is 9.83. The summed E-state index contributed by atoms with van der Waals surface area (Å²) in [6.45, 7) is 0. The van der Waals surface area contributed by atoms with Crippen LogP contribution in [0.25, 0.3) is 0 Å². The first-order chi connectivity index (χ1) is 9.25. The first-order valence-electron chi connectivity index (χ1n) is 6.39. The molecule has 96 valence electrons. The Kier molecular flexibility index (Phi) is 2.99. The first-order valence-corrected chi connectivity index (χ1v) is 6.39. The monoisotopic (exact) mass is 254 g/mol. The van der Waals surface area contributed by atoms with Gasteiger partial charge in [0.2, 0.25) is 0 Å². The van der Waals surface area contributed by atoms with Gasteiger partial charge in [-0.25, -0.2) is 9.78 Å². The topological polar surface area (TPSA) is 63.1 Å². The van der Waals surface area contributed by atoms with E-state index in [1.807, 2.05) is 18.3 Å². The van der Waals surface area contributed by atoms with Crippen LogP contribution >= 0.6 is 0 Å². The van der Waals surface area contributed by atoms with Crippen LogP contribution in [0.1, 0.15) is 46.1 Å². The van der Waals surface area contributed by atoms with Crippen LogP contribution < -0.4 is 0 Å². The highest BCUT2D eigenvalue weighted by molar-refractivity contribution is 5.85. The van der Waals surface area contributed by atoms with Gasteiger partial charge in [0.1, 0.15) is 5.69 Å². The molecule has 0 saturated heterocycles. The number of rotatable bonds is 2. The summed E-state index contributed by atoms with van der Waals surface area (Å²) in [6.07, 6.45) is 6.72. The van der Waals surface area contributed by atoms with Crippen molar-refractivity contribution in [2.45, 2.75) is 25.2 Å². The number of pyridine rings is 2. The van der Waals surface area contributed by atoms with Gasteiger partial charge in [-0.1, -0.05) is 12.1 Å². The minimum absolute atomic E-state index is 0.0841. The first kappa shape index (κ1) is 11.8. The molecule has 0 amide bonds. The Balaban J connectivity index is 1.97. The molecule has 0 radical (unpaired) electrons. The zero-order chi connectivity index (χ0) is 13.2. The minimum Gasteiger partial charge on any atom is -0.477 e. The summed E-state index contributed by atoms with van der Waals surface area (Å²) in [6, 6.07) is 7.50. The van der Waals surface area contributed by atoms with Crippen molar-refractivity contribution in [1.82, 2.24) is 9.97 Å². The highest BCUT2D eigenvalue weighted by Crippen LogP contribution is 2.34. The average Bonchev–Trinajstić information content (AvgIpc) is 2.47. The van der Waals surface area contributed by atoms with Crippen molar-refractivity contribution in [2.24, 2.45) is 0 Å². The van der Waals surface area contributed by atoms with E-state index in [0.717, 1.165) is 30.5 Å². The maximum atomic E-state index is 10.8. The van der Waals surface area contributed by atoms with E-state index >= 15 is 0 Å². The summed E-state index contributed by atoms with van der Waals surface area (Å²) in [5.41, 5.74) is 3.53. The third-order valence-electron chi connectivity index (χ3n) is 3.60. The molecule has 2 aromatic rings. The molecule has 1 N–H and O–H groups in total. The Hall–Kier alpha value is -2.23. The zero-order valence-electron chi connectivity index (χ0n) is 10.4. The van der Waals surface area contributed by atoms with Crippen molar-refractivity contribution in [3.05, 3.63) is 59.2 Å². The lowest BCUT2D eigenvalue weighted by molar-refractivity contribution is 0.0690. The van der Waals surface area contributed by atoms with Crippen molar-refractivity contribution in [3.63, 3.8) is 0 Å². The van der Waals surface area contributed by atoms with Gasteiger partial charge in [0.05, 0.1) is 5.69 Å². The van der Waals surface area contributed by atoms with E-state index in [1.165, 1.54) is 5.56 Å². The van der Waals surface area contributed by atoms with Crippen LogP contribution in [-0.4, -0.2) is 21.0 Å². The summed E-state index contributed by atoms with van der Waals surface area (Å²) in [5, 5.41) is 8.87. The quantitative estimate of drug-likeness (QED) is 0.894. The van der Waals surface area contributed by atoms with Crippen LogP contribution in [0.3, 0.4) is 0 Å². The van der Waals surface area contributed by atoms with Gasteiger partial charge in [-0.05, 0) is 42.5 Å². The molecule has 0 aromatic carbocycles. The van der Waals surface area contributed by atoms with E-state index in [2.05, 4.69) is 16.0 Å². The van der Waals surface area contributed by atoms with Crippen molar-refractivity contribution in [1.29, 1.82) is 0 Å². The second kappa shape index (κ2) is 4.80. The molecule has 0 aliphatic heterocycles. The number of aromatic carboxylic acids is 1. The third kappa shape index (κ3) is 2.21. The molecule has 0 bridgehead atoms. The summed E-state index contributed by atoms with van der Waals surface area (Å²) in [5.74, 6) is -0.756. The van der Waals surface area contributed by atoms with Gasteiger partial charge >= 0.3 is 5.97 Å². The van der Waals surface area contributed by atoms with Gasteiger partial charge in [0.25, 0.3) is 0 Å². The minimum atomic E-state index is -0.992. The van der Waals surface area contributed by atoms with Crippen LogP contribution in [0.15, 0.2) is 36.7 Å². The predicted octanol–water partition coefficient (Wildman–Crippen LogP) is 2.64. The number of aromatic nitrogens is 2. The van der Waals surface area contributed by atoms with Crippen LogP contribution in [-0.2, 0) is 6.42 Å². The number of carboxylic acid groups (broad SMARTS) is 1. The number of nitrogens with zero attached hydrogens (tertiary/aromatic N) is 2. The second-order valence-electron chi connectivity index (χ2n) is 4.77. The molecule has 2 heterocycles. The van der Waals surface area contributed by atoms with E-state index in [-0.39, 0.29) is 11.6 Å². The van der Waals surface area contributed by atoms with Crippen LogP contribution in [0.4, 0.5) is 0 Å². The zero-order valence-corrected chi connectivity index (χ0v) is 10.4. The van der Waals surface area contributed by atoms with Gasteiger partial charge in [0, 0.05) is 18.3 Å². The smallest absolute Gasteiger partial charge is 0.354 e. The molecule has 0 saturated carbocycles. The number of carboxylic acids is 1.